The number of para-hydroxylation sites is 2. The number of aliphatic imine (C=N–C) groups is 2. The summed E-state index contributed by atoms with van der Waals surface area (Å²) in [5, 5.41) is 5.65. The number of urea groups is 1. The average Bonchev–Trinajstić information content (AvgIpc) is 2.71. The lowest BCUT2D eigenvalue weighted by molar-refractivity contribution is 0.245. The molecule has 1 aliphatic rings. The Morgan fingerprint density at radius 1 is 1.00 bits per heavy atom. The summed E-state index contributed by atoms with van der Waals surface area (Å²) in [6.45, 7) is 4.40. The molecule has 5 heteroatoms. The molecule has 0 saturated heterocycles. The maximum absolute atomic E-state index is 12.1. The fourth-order valence-corrected chi connectivity index (χ4v) is 2.77. The summed E-state index contributed by atoms with van der Waals surface area (Å²) < 4.78 is 0. The molecule has 2 amide bonds. The number of fused-ring (bicyclic) bond motifs is 1. The Balaban J connectivity index is 2.09. The summed E-state index contributed by atoms with van der Waals surface area (Å²) >= 11 is 0. The highest BCUT2D eigenvalue weighted by Gasteiger charge is 2.26. The standard InChI is InChI=1S/C19H20N4O/c1-3-20-19(24)23-18-17(14-9-5-4-6-10-14)13(2)21-15-11-7-8-12-16(15)22-18/h4-12,17H,3H2,1-2H3,(H2,20,22,23,24)/t17-/m0/s1. The molecule has 5 nitrogen and oxygen atoms in total. The van der Waals surface area contributed by atoms with Crippen LogP contribution in [0.2, 0.25) is 0 Å². The maximum atomic E-state index is 12.1. The van der Waals surface area contributed by atoms with E-state index in [1.807, 2.05) is 68.4 Å². The van der Waals surface area contributed by atoms with Crippen molar-refractivity contribution in [2.45, 2.75) is 19.8 Å². The first-order chi connectivity index (χ1) is 11.7. The van der Waals surface area contributed by atoms with Crippen molar-refractivity contribution >= 4 is 29.0 Å². The zero-order valence-corrected chi connectivity index (χ0v) is 13.8. The SMILES string of the molecule is CCNC(=O)NC1=Nc2ccccc2N=C(C)[C@H]1c1ccccc1. The van der Waals surface area contributed by atoms with Gasteiger partial charge in [-0.15, -0.1) is 0 Å². The predicted molar refractivity (Wildman–Crippen MR) is 97.7 cm³/mol. The third-order valence-corrected chi connectivity index (χ3v) is 3.82. The zero-order valence-electron chi connectivity index (χ0n) is 13.8. The molecule has 0 aromatic heterocycles. The molecule has 0 fully saturated rings. The number of amidine groups is 1. The first kappa shape index (κ1) is 15.9. The molecule has 24 heavy (non-hydrogen) atoms. The van der Waals surface area contributed by atoms with Gasteiger partial charge in [-0.2, -0.15) is 0 Å². The van der Waals surface area contributed by atoms with Gasteiger partial charge in [0.05, 0.1) is 17.3 Å². The highest BCUT2D eigenvalue weighted by molar-refractivity contribution is 6.17. The normalized spacial score (nSPS) is 16.3. The minimum absolute atomic E-state index is 0.193. The number of hydrogen-bond acceptors (Lipinski definition) is 3. The van der Waals surface area contributed by atoms with E-state index in [1.165, 1.54) is 0 Å². The van der Waals surface area contributed by atoms with E-state index in [0.717, 1.165) is 22.6 Å². The number of amides is 2. The number of nitrogens with one attached hydrogen (secondary N) is 2. The van der Waals surface area contributed by atoms with Crippen molar-refractivity contribution < 1.29 is 4.79 Å². The number of benzene rings is 2. The third kappa shape index (κ3) is 3.35. The Labute approximate surface area is 141 Å². The van der Waals surface area contributed by atoms with Gasteiger partial charge in [-0.25, -0.2) is 9.79 Å². The zero-order chi connectivity index (χ0) is 16.9. The van der Waals surface area contributed by atoms with Crippen LogP contribution in [0.1, 0.15) is 25.3 Å². The largest absolute Gasteiger partial charge is 0.338 e. The van der Waals surface area contributed by atoms with Crippen LogP contribution in [0.15, 0.2) is 64.6 Å². The van der Waals surface area contributed by atoms with Gasteiger partial charge in [0.2, 0.25) is 0 Å². The Kier molecular flexibility index (Phi) is 4.70. The molecule has 0 aliphatic carbocycles. The smallest absolute Gasteiger partial charge is 0.320 e. The van der Waals surface area contributed by atoms with Crippen molar-refractivity contribution in [3.63, 3.8) is 0 Å². The fraction of sp³-hybridized carbons (Fsp3) is 0.211. The molecule has 1 aliphatic heterocycles. The van der Waals surface area contributed by atoms with Gasteiger partial charge in [-0.3, -0.25) is 10.3 Å². The monoisotopic (exact) mass is 320 g/mol. The van der Waals surface area contributed by atoms with E-state index in [1.54, 1.807) is 0 Å². The number of carbonyl (C=O) groups is 1. The number of rotatable bonds is 2. The van der Waals surface area contributed by atoms with Crippen molar-refractivity contribution in [1.82, 2.24) is 10.6 Å². The van der Waals surface area contributed by atoms with Crippen LogP contribution in [0, 0.1) is 0 Å². The summed E-state index contributed by atoms with van der Waals surface area (Å²) in [4.78, 5) is 21.5. The van der Waals surface area contributed by atoms with Crippen molar-refractivity contribution in [3.05, 3.63) is 60.2 Å². The van der Waals surface area contributed by atoms with Gasteiger partial charge in [0, 0.05) is 12.3 Å². The second kappa shape index (κ2) is 7.08. The maximum Gasteiger partial charge on any atom is 0.320 e. The quantitative estimate of drug-likeness (QED) is 0.865. The summed E-state index contributed by atoms with van der Waals surface area (Å²) in [5.41, 5.74) is 3.49. The van der Waals surface area contributed by atoms with E-state index in [0.29, 0.717) is 12.4 Å². The van der Waals surface area contributed by atoms with E-state index in [4.69, 9.17) is 9.98 Å². The van der Waals surface area contributed by atoms with Crippen LogP contribution in [-0.4, -0.2) is 24.1 Å². The summed E-state index contributed by atoms with van der Waals surface area (Å²) in [7, 11) is 0. The molecule has 1 heterocycles. The van der Waals surface area contributed by atoms with Gasteiger partial charge >= 0.3 is 6.03 Å². The molecule has 0 radical (unpaired) electrons. The molecule has 2 aromatic rings. The first-order valence-electron chi connectivity index (χ1n) is 8.01. The first-order valence-corrected chi connectivity index (χ1v) is 8.01. The molecule has 0 spiro atoms. The molecule has 2 N–H and O–H groups in total. The van der Waals surface area contributed by atoms with Crippen LogP contribution in [-0.2, 0) is 0 Å². The highest BCUT2D eigenvalue weighted by atomic mass is 16.2. The number of carbonyl (C=O) groups excluding carboxylic acids is 1. The number of hydrogen-bond donors (Lipinski definition) is 2. The van der Waals surface area contributed by atoms with Crippen LogP contribution < -0.4 is 10.6 Å². The van der Waals surface area contributed by atoms with Crippen LogP contribution in [0.25, 0.3) is 0 Å². The van der Waals surface area contributed by atoms with Gasteiger partial charge in [-0.1, -0.05) is 42.5 Å². The minimum Gasteiger partial charge on any atom is -0.338 e. The Bertz CT molecular complexity index is 796. The van der Waals surface area contributed by atoms with E-state index in [2.05, 4.69) is 10.6 Å². The van der Waals surface area contributed by atoms with Crippen LogP contribution >= 0.6 is 0 Å². The second-order valence-electron chi connectivity index (χ2n) is 5.57. The Morgan fingerprint density at radius 3 is 2.29 bits per heavy atom. The molecule has 122 valence electrons. The lowest BCUT2D eigenvalue weighted by Crippen LogP contribution is -2.43. The van der Waals surface area contributed by atoms with Crippen molar-refractivity contribution in [1.29, 1.82) is 0 Å². The average molecular weight is 320 g/mol. The predicted octanol–water partition coefficient (Wildman–Crippen LogP) is 3.93. The van der Waals surface area contributed by atoms with E-state index in [9.17, 15) is 4.79 Å². The van der Waals surface area contributed by atoms with Crippen LogP contribution in [0.5, 0.6) is 0 Å². The van der Waals surface area contributed by atoms with Gasteiger partial charge in [-0.05, 0) is 31.5 Å². The minimum atomic E-state index is -0.260. The van der Waals surface area contributed by atoms with Crippen LogP contribution in [0.4, 0.5) is 16.2 Å². The molecule has 0 bridgehead atoms. The fourth-order valence-electron chi connectivity index (χ4n) is 2.77. The molecular formula is C19H20N4O. The third-order valence-electron chi connectivity index (χ3n) is 3.82. The molecule has 1 atom stereocenters. The molecule has 0 saturated carbocycles. The topological polar surface area (TPSA) is 65.8 Å². The molecule has 2 aromatic carbocycles. The van der Waals surface area contributed by atoms with Crippen LogP contribution in [0.3, 0.4) is 0 Å². The van der Waals surface area contributed by atoms with Gasteiger partial charge < -0.3 is 5.32 Å². The summed E-state index contributed by atoms with van der Waals surface area (Å²) in [6, 6.07) is 17.4. The highest BCUT2D eigenvalue weighted by Crippen LogP contribution is 2.34. The Morgan fingerprint density at radius 2 is 1.62 bits per heavy atom. The molecular weight excluding hydrogens is 300 g/mol. The van der Waals surface area contributed by atoms with Crippen molar-refractivity contribution in [2.24, 2.45) is 9.98 Å². The molecule has 3 rings (SSSR count). The number of nitrogens with zero attached hydrogens (tertiary/aromatic N) is 2. The van der Waals surface area contributed by atoms with E-state index in [-0.39, 0.29) is 11.9 Å². The lowest BCUT2D eigenvalue weighted by Gasteiger charge is -2.19. The van der Waals surface area contributed by atoms with Gasteiger partial charge in [0.15, 0.2) is 0 Å². The summed E-state index contributed by atoms with van der Waals surface area (Å²) in [5.74, 6) is 0.388. The van der Waals surface area contributed by atoms with Crippen molar-refractivity contribution in [3.8, 4) is 0 Å². The summed E-state index contributed by atoms with van der Waals surface area (Å²) in [6.07, 6.45) is 0. The Hall–Kier alpha value is -2.95. The second-order valence-corrected chi connectivity index (χ2v) is 5.57. The van der Waals surface area contributed by atoms with Gasteiger partial charge in [0.1, 0.15) is 5.84 Å². The molecule has 0 unspecified atom stereocenters. The lowest BCUT2D eigenvalue weighted by atomic mass is 9.93. The van der Waals surface area contributed by atoms with Gasteiger partial charge in [0.25, 0.3) is 0 Å². The van der Waals surface area contributed by atoms with E-state index < -0.39 is 0 Å². The van der Waals surface area contributed by atoms with E-state index >= 15 is 0 Å². The van der Waals surface area contributed by atoms with Crippen molar-refractivity contribution in [2.75, 3.05) is 6.54 Å².